The molecule has 1 N–H and O–H groups in total. The number of rotatable bonds is 4. The molecule has 21 heavy (non-hydrogen) atoms. The molecular formula is C16H22N4O. The van der Waals surface area contributed by atoms with Crippen molar-refractivity contribution < 1.29 is 4.42 Å². The summed E-state index contributed by atoms with van der Waals surface area (Å²) in [4.78, 5) is 11.4. The standard InChI is InChI=1S/C16H22N4O/c1-12-10-13(2)19-16(18-12)20-7-5-14(6-8-20)17-11-15-4-3-9-21-15/h3-4,9-10,14,17H,5-8,11H2,1-2H3. The van der Waals surface area contributed by atoms with Crippen LogP contribution in [0.15, 0.2) is 28.9 Å². The van der Waals surface area contributed by atoms with E-state index in [1.54, 1.807) is 6.26 Å². The van der Waals surface area contributed by atoms with Crippen molar-refractivity contribution in [1.82, 2.24) is 15.3 Å². The van der Waals surface area contributed by atoms with Crippen molar-refractivity contribution in [3.05, 3.63) is 41.6 Å². The highest BCUT2D eigenvalue weighted by molar-refractivity contribution is 5.32. The fraction of sp³-hybridized carbons (Fsp3) is 0.500. The Labute approximate surface area is 125 Å². The van der Waals surface area contributed by atoms with Crippen LogP contribution in [0.1, 0.15) is 30.0 Å². The summed E-state index contributed by atoms with van der Waals surface area (Å²) in [6.07, 6.45) is 3.94. The molecule has 5 nitrogen and oxygen atoms in total. The third-order valence-electron chi connectivity index (χ3n) is 3.89. The Kier molecular flexibility index (Phi) is 4.20. The number of furan rings is 1. The first-order valence-electron chi connectivity index (χ1n) is 7.54. The first-order valence-corrected chi connectivity index (χ1v) is 7.54. The van der Waals surface area contributed by atoms with Crippen molar-refractivity contribution in [3.63, 3.8) is 0 Å². The number of nitrogens with one attached hydrogen (secondary N) is 1. The summed E-state index contributed by atoms with van der Waals surface area (Å²) in [7, 11) is 0. The molecule has 0 atom stereocenters. The zero-order valence-electron chi connectivity index (χ0n) is 12.7. The first kappa shape index (κ1) is 14.1. The molecule has 0 amide bonds. The smallest absolute Gasteiger partial charge is 0.225 e. The molecule has 1 fully saturated rings. The average molecular weight is 286 g/mol. The zero-order valence-corrected chi connectivity index (χ0v) is 12.7. The molecule has 0 aromatic carbocycles. The minimum Gasteiger partial charge on any atom is -0.468 e. The minimum atomic E-state index is 0.539. The van der Waals surface area contributed by atoms with Gasteiger partial charge in [-0.05, 0) is 44.9 Å². The van der Waals surface area contributed by atoms with Crippen LogP contribution in [0.2, 0.25) is 0 Å². The van der Waals surface area contributed by atoms with E-state index in [0.717, 1.165) is 55.6 Å². The van der Waals surface area contributed by atoms with Gasteiger partial charge < -0.3 is 14.6 Å². The van der Waals surface area contributed by atoms with E-state index in [1.807, 2.05) is 32.0 Å². The van der Waals surface area contributed by atoms with E-state index >= 15 is 0 Å². The molecule has 3 heterocycles. The van der Waals surface area contributed by atoms with Crippen molar-refractivity contribution >= 4 is 5.95 Å². The molecule has 112 valence electrons. The lowest BCUT2D eigenvalue weighted by molar-refractivity contribution is 0.387. The Balaban J connectivity index is 1.52. The molecule has 0 saturated carbocycles. The summed E-state index contributed by atoms with van der Waals surface area (Å²) in [5.74, 6) is 1.87. The number of nitrogens with zero attached hydrogens (tertiary/aromatic N) is 3. The number of hydrogen-bond acceptors (Lipinski definition) is 5. The van der Waals surface area contributed by atoms with Gasteiger partial charge in [-0.15, -0.1) is 0 Å². The second-order valence-electron chi connectivity index (χ2n) is 5.67. The molecule has 3 rings (SSSR count). The Bertz CT molecular complexity index is 554. The van der Waals surface area contributed by atoms with Crippen LogP contribution in [0.25, 0.3) is 0 Å². The maximum Gasteiger partial charge on any atom is 0.225 e. The number of aryl methyl sites for hydroxylation is 2. The predicted molar refractivity (Wildman–Crippen MR) is 82.3 cm³/mol. The summed E-state index contributed by atoms with van der Waals surface area (Å²) in [6, 6.07) is 6.49. The summed E-state index contributed by atoms with van der Waals surface area (Å²) >= 11 is 0. The van der Waals surface area contributed by atoms with E-state index in [4.69, 9.17) is 4.42 Å². The molecule has 0 unspecified atom stereocenters. The Morgan fingerprint density at radius 3 is 2.57 bits per heavy atom. The molecule has 2 aromatic rings. The molecule has 5 heteroatoms. The van der Waals surface area contributed by atoms with E-state index < -0.39 is 0 Å². The molecule has 0 radical (unpaired) electrons. The van der Waals surface area contributed by atoms with Gasteiger partial charge in [0, 0.05) is 30.5 Å². The van der Waals surface area contributed by atoms with Gasteiger partial charge in [-0.3, -0.25) is 0 Å². The molecular weight excluding hydrogens is 264 g/mol. The average Bonchev–Trinajstić information content (AvgIpc) is 2.98. The highest BCUT2D eigenvalue weighted by Crippen LogP contribution is 2.17. The lowest BCUT2D eigenvalue weighted by atomic mass is 10.1. The number of piperidine rings is 1. The van der Waals surface area contributed by atoms with Crippen molar-refractivity contribution in [3.8, 4) is 0 Å². The minimum absolute atomic E-state index is 0.539. The highest BCUT2D eigenvalue weighted by atomic mass is 16.3. The maximum absolute atomic E-state index is 5.35. The van der Waals surface area contributed by atoms with Gasteiger partial charge in [0.15, 0.2) is 0 Å². The molecule has 0 bridgehead atoms. The van der Waals surface area contributed by atoms with Crippen LogP contribution in [-0.4, -0.2) is 29.1 Å². The van der Waals surface area contributed by atoms with Gasteiger partial charge in [-0.1, -0.05) is 0 Å². The van der Waals surface area contributed by atoms with Gasteiger partial charge in [0.25, 0.3) is 0 Å². The van der Waals surface area contributed by atoms with Gasteiger partial charge in [-0.25, -0.2) is 9.97 Å². The normalized spacial score (nSPS) is 16.4. The quantitative estimate of drug-likeness (QED) is 0.935. The van der Waals surface area contributed by atoms with Crippen LogP contribution in [0.3, 0.4) is 0 Å². The fourth-order valence-corrected chi connectivity index (χ4v) is 2.79. The molecule has 2 aromatic heterocycles. The molecule has 1 aliphatic heterocycles. The van der Waals surface area contributed by atoms with Crippen LogP contribution in [-0.2, 0) is 6.54 Å². The van der Waals surface area contributed by atoms with Crippen LogP contribution in [0, 0.1) is 13.8 Å². The Morgan fingerprint density at radius 1 is 1.24 bits per heavy atom. The number of aromatic nitrogens is 2. The second kappa shape index (κ2) is 6.26. The summed E-state index contributed by atoms with van der Waals surface area (Å²) < 4.78 is 5.35. The zero-order chi connectivity index (χ0) is 14.7. The monoisotopic (exact) mass is 286 g/mol. The van der Waals surface area contributed by atoms with E-state index in [0.29, 0.717) is 6.04 Å². The maximum atomic E-state index is 5.35. The van der Waals surface area contributed by atoms with Crippen molar-refractivity contribution in [2.45, 2.75) is 39.3 Å². The Hall–Kier alpha value is -1.88. The van der Waals surface area contributed by atoms with E-state index in [1.165, 1.54) is 0 Å². The van der Waals surface area contributed by atoms with Crippen molar-refractivity contribution in [2.75, 3.05) is 18.0 Å². The SMILES string of the molecule is Cc1cc(C)nc(N2CCC(NCc3ccco3)CC2)n1. The van der Waals surface area contributed by atoms with Gasteiger partial charge in [-0.2, -0.15) is 0 Å². The van der Waals surface area contributed by atoms with E-state index in [-0.39, 0.29) is 0 Å². The number of hydrogen-bond donors (Lipinski definition) is 1. The molecule has 1 aliphatic rings. The lowest BCUT2D eigenvalue weighted by Gasteiger charge is -2.32. The van der Waals surface area contributed by atoms with Gasteiger partial charge in [0.2, 0.25) is 5.95 Å². The summed E-state index contributed by atoms with van der Waals surface area (Å²) in [5.41, 5.74) is 2.08. The van der Waals surface area contributed by atoms with Crippen LogP contribution < -0.4 is 10.2 Å². The third kappa shape index (κ3) is 3.61. The second-order valence-corrected chi connectivity index (χ2v) is 5.67. The Morgan fingerprint density at radius 2 is 1.95 bits per heavy atom. The van der Waals surface area contributed by atoms with Crippen LogP contribution in [0.4, 0.5) is 5.95 Å². The van der Waals surface area contributed by atoms with E-state index in [9.17, 15) is 0 Å². The van der Waals surface area contributed by atoms with Crippen molar-refractivity contribution in [1.29, 1.82) is 0 Å². The van der Waals surface area contributed by atoms with Gasteiger partial charge >= 0.3 is 0 Å². The van der Waals surface area contributed by atoms with Gasteiger partial charge in [0.05, 0.1) is 12.8 Å². The van der Waals surface area contributed by atoms with Crippen LogP contribution in [0.5, 0.6) is 0 Å². The largest absolute Gasteiger partial charge is 0.468 e. The van der Waals surface area contributed by atoms with E-state index in [2.05, 4.69) is 20.2 Å². The lowest BCUT2D eigenvalue weighted by Crippen LogP contribution is -2.43. The van der Waals surface area contributed by atoms with Crippen LogP contribution >= 0.6 is 0 Å². The summed E-state index contributed by atoms with van der Waals surface area (Å²) in [5, 5.41) is 3.56. The number of anilines is 1. The molecule has 0 aliphatic carbocycles. The molecule has 0 spiro atoms. The van der Waals surface area contributed by atoms with Crippen molar-refractivity contribution in [2.24, 2.45) is 0 Å². The van der Waals surface area contributed by atoms with Gasteiger partial charge in [0.1, 0.15) is 5.76 Å². The highest BCUT2D eigenvalue weighted by Gasteiger charge is 2.21. The fourth-order valence-electron chi connectivity index (χ4n) is 2.79. The molecule has 1 saturated heterocycles. The third-order valence-corrected chi connectivity index (χ3v) is 3.89. The summed E-state index contributed by atoms with van der Waals surface area (Å²) in [6.45, 7) is 6.85. The first-order chi connectivity index (χ1) is 10.2. The predicted octanol–water partition coefficient (Wildman–Crippen LogP) is 2.45. The topological polar surface area (TPSA) is 54.2 Å².